The van der Waals surface area contributed by atoms with Crippen LogP contribution in [0.15, 0.2) is 78.9 Å². The third kappa shape index (κ3) is 10.3. The molecule has 0 fully saturated rings. The molecule has 50 heavy (non-hydrogen) atoms. The van der Waals surface area contributed by atoms with Crippen molar-refractivity contribution in [2.24, 2.45) is 5.92 Å². The van der Waals surface area contributed by atoms with Crippen molar-refractivity contribution in [2.45, 2.75) is 78.2 Å². The lowest BCUT2D eigenvalue weighted by atomic mass is 9.94. The van der Waals surface area contributed by atoms with Gasteiger partial charge in [-0.1, -0.05) is 70.2 Å². The summed E-state index contributed by atoms with van der Waals surface area (Å²) < 4.78 is 21.3. The first-order valence-corrected chi connectivity index (χ1v) is 16.8. The van der Waals surface area contributed by atoms with E-state index in [0.717, 1.165) is 11.1 Å². The Kier molecular flexibility index (Phi) is 13.3. The Morgan fingerprint density at radius 3 is 2.22 bits per heavy atom. The van der Waals surface area contributed by atoms with Gasteiger partial charge < -0.3 is 35.3 Å². The van der Waals surface area contributed by atoms with Gasteiger partial charge in [0, 0.05) is 30.0 Å². The minimum atomic E-state index is -1.22. The Labute approximate surface area is 291 Å². The molecule has 0 spiro atoms. The third-order valence-corrected chi connectivity index (χ3v) is 8.07. The van der Waals surface area contributed by atoms with Gasteiger partial charge in [-0.05, 0) is 77.8 Å². The lowest BCUT2D eigenvalue weighted by Crippen LogP contribution is -2.25. The molecular weight excluding hydrogens is 641 g/mol. The minimum Gasteiger partial charge on any atom is -0.481 e. The second-order valence-corrected chi connectivity index (χ2v) is 13.1. The van der Waals surface area contributed by atoms with Crippen molar-refractivity contribution in [1.82, 2.24) is 9.88 Å². The predicted octanol–water partition coefficient (Wildman–Crippen LogP) is 7.20. The van der Waals surface area contributed by atoms with Crippen molar-refractivity contribution >= 4 is 23.7 Å². The average Bonchev–Trinajstić information content (AvgIpc) is 3.41. The first-order valence-electron chi connectivity index (χ1n) is 16.8. The summed E-state index contributed by atoms with van der Waals surface area (Å²) in [4.78, 5) is 37.7. The van der Waals surface area contributed by atoms with Gasteiger partial charge in [0.2, 0.25) is 0 Å². The van der Waals surface area contributed by atoms with Crippen LogP contribution < -0.4 is 10.6 Å². The van der Waals surface area contributed by atoms with E-state index < -0.39 is 36.5 Å². The summed E-state index contributed by atoms with van der Waals surface area (Å²) in [6, 6.07) is 22.5. The van der Waals surface area contributed by atoms with Gasteiger partial charge in [-0.2, -0.15) is 0 Å². The van der Waals surface area contributed by atoms with E-state index in [0.29, 0.717) is 40.4 Å². The summed E-state index contributed by atoms with van der Waals surface area (Å²) in [5.41, 5.74) is 5.05. The van der Waals surface area contributed by atoms with Crippen LogP contribution in [-0.4, -0.2) is 56.7 Å². The Bertz CT molecular complexity index is 1750. The van der Waals surface area contributed by atoms with E-state index >= 15 is 0 Å². The van der Waals surface area contributed by atoms with Crippen molar-refractivity contribution < 1.29 is 38.8 Å². The van der Waals surface area contributed by atoms with Crippen LogP contribution in [0.25, 0.3) is 22.4 Å². The van der Waals surface area contributed by atoms with Crippen LogP contribution in [-0.2, 0) is 22.6 Å². The van der Waals surface area contributed by atoms with E-state index in [1.165, 1.54) is 12.1 Å². The number of ether oxygens (including phenoxy) is 1. The van der Waals surface area contributed by atoms with E-state index in [-0.39, 0.29) is 43.7 Å². The molecule has 11 heteroatoms. The number of carboxylic acid groups (broad SMARTS) is 1. The smallest absolute Gasteiger partial charge is 0.407 e. The quantitative estimate of drug-likeness (QED) is 0.0836. The number of benzene rings is 3. The molecule has 0 aliphatic heterocycles. The SMILES string of the molecule is CC(C)COC(=O)NCc1cccc(NC(=O)c2c(-c3ccccc3)c(-c3ccc(F)cc3)n(CC[C@@H](O)C[C@@H](O)CC(=O)O)c2C(C)C)c1. The molecule has 2 amide bonds. The van der Waals surface area contributed by atoms with Gasteiger partial charge in [0.15, 0.2) is 0 Å². The number of halogens is 1. The molecule has 0 bridgehead atoms. The maximum atomic E-state index is 14.5. The van der Waals surface area contributed by atoms with E-state index in [9.17, 15) is 29.0 Å². The summed E-state index contributed by atoms with van der Waals surface area (Å²) in [5.74, 6) is -1.94. The fourth-order valence-electron chi connectivity index (χ4n) is 5.91. The first kappa shape index (κ1) is 37.8. The number of aromatic nitrogens is 1. The summed E-state index contributed by atoms with van der Waals surface area (Å²) in [6.45, 7) is 8.54. The lowest BCUT2D eigenvalue weighted by Gasteiger charge is -2.20. The summed E-state index contributed by atoms with van der Waals surface area (Å²) >= 11 is 0. The molecule has 0 unspecified atom stereocenters. The van der Waals surface area contributed by atoms with Crippen LogP contribution in [0.5, 0.6) is 0 Å². The predicted molar refractivity (Wildman–Crippen MR) is 190 cm³/mol. The van der Waals surface area contributed by atoms with E-state index in [1.54, 1.807) is 30.3 Å². The number of alkyl carbamates (subject to hydrolysis) is 1. The molecule has 2 atom stereocenters. The molecule has 266 valence electrons. The number of carbonyl (C=O) groups excluding carboxylic acids is 2. The van der Waals surface area contributed by atoms with E-state index in [1.807, 2.05) is 68.7 Å². The number of aliphatic hydroxyl groups is 2. The van der Waals surface area contributed by atoms with Gasteiger partial charge in [-0.25, -0.2) is 9.18 Å². The molecule has 0 aliphatic rings. The van der Waals surface area contributed by atoms with Crippen LogP contribution >= 0.6 is 0 Å². The molecule has 5 N–H and O–H groups in total. The summed E-state index contributed by atoms with van der Waals surface area (Å²) in [6.07, 6.45) is -3.23. The van der Waals surface area contributed by atoms with Crippen LogP contribution in [0.4, 0.5) is 14.9 Å². The monoisotopic (exact) mass is 687 g/mol. The number of hydrogen-bond donors (Lipinski definition) is 5. The topological polar surface area (TPSA) is 150 Å². The number of hydrogen-bond acceptors (Lipinski definition) is 6. The minimum absolute atomic E-state index is 0.129. The second kappa shape index (κ2) is 17.6. The molecule has 1 heterocycles. The lowest BCUT2D eigenvalue weighted by molar-refractivity contribution is -0.139. The number of nitrogens with zero attached hydrogens (tertiary/aromatic N) is 1. The number of nitrogens with one attached hydrogen (secondary N) is 2. The van der Waals surface area contributed by atoms with Crippen LogP contribution in [0.2, 0.25) is 0 Å². The molecule has 0 aliphatic carbocycles. The van der Waals surface area contributed by atoms with E-state index in [4.69, 9.17) is 9.84 Å². The molecule has 4 rings (SSSR count). The molecule has 3 aromatic carbocycles. The highest BCUT2D eigenvalue weighted by Crippen LogP contribution is 2.42. The Morgan fingerprint density at radius 2 is 1.58 bits per heavy atom. The van der Waals surface area contributed by atoms with Crippen LogP contribution in [0, 0.1) is 11.7 Å². The second-order valence-electron chi connectivity index (χ2n) is 13.1. The molecule has 0 saturated heterocycles. The average molecular weight is 688 g/mol. The van der Waals surface area contributed by atoms with Crippen molar-refractivity contribution in [3.05, 3.63) is 102 Å². The van der Waals surface area contributed by atoms with Crippen LogP contribution in [0.1, 0.15) is 74.5 Å². The highest BCUT2D eigenvalue weighted by molar-refractivity contribution is 6.12. The zero-order valence-electron chi connectivity index (χ0n) is 28.9. The molecule has 10 nitrogen and oxygen atoms in total. The number of rotatable bonds is 16. The summed E-state index contributed by atoms with van der Waals surface area (Å²) in [5, 5.41) is 35.8. The normalized spacial score (nSPS) is 12.5. The fraction of sp³-hybridized carbons (Fsp3) is 0.359. The maximum absolute atomic E-state index is 14.5. The Morgan fingerprint density at radius 1 is 0.880 bits per heavy atom. The van der Waals surface area contributed by atoms with Crippen molar-refractivity contribution in [3.8, 4) is 22.4 Å². The zero-order valence-corrected chi connectivity index (χ0v) is 28.9. The van der Waals surface area contributed by atoms with Gasteiger partial charge in [0.25, 0.3) is 5.91 Å². The van der Waals surface area contributed by atoms with Gasteiger partial charge in [-0.3, -0.25) is 9.59 Å². The summed E-state index contributed by atoms with van der Waals surface area (Å²) in [7, 11) is 0. The van der Waals surface area contributed by atoms with Gasteiger partial charge in [0.1, 0.15) is 5.82 Å². The van der Waals surface area contributed by atoms with Crippen molar-refractivity contribution in [2.75, 3.05) is 11.9 Å². The number of carbonyl (C=O) groups is 3. The number of amides is 2. The molecule has 4 aromatic rings. The van der Waals surface area contributed by atoms with E-state index in [2.05, 4.69) is 10.6 Å². The molecule has 1 aromatic heterocycles. The number of aliphatic carboxylic acids is 1. The van der Waals surface area contributed by atoms with Crippen LogP contribution in [0.3, 0.4) is 0 Å². The third-order valence-electron chi connectivity index (χ3n) is 8.07. The van der Waals surface area contributed by atoms with Gasteiger partial charge in [-0.15, -0.1) is 0 Å². The first-order chi connectivity index (χ1) is 23.8. The highest BCUT2D eigenvalue weighted by Gasteiger charge is 2.31. The standard InChI is InChI=1S/C39H46FN3O7/c1-24(2)23-50-39(49)41-22-26-9-8-12-30(19-26)42-38(48)35-34(27-10-6-5-7-11-27)37(28-13-15-29(40)16-14-28)43(36(35)25(3)4)18-17-31(44)20-32(45)21-33(46)47/h5-16,19,24-25,31-32,44-45H,17-18,20-23H2,1-4H3,(H,41,49)(H,42,48)(H,46,47)/t31-,32-/m1/s1. The Hall–Kier alpha value is -5.00. The fourth-order valence-corrected chi connectivity index (χ4v) is 5.91. The largest absolute Gasteiger partial charge is 0.481 e. The van der Waals surface area contributed by atoms with Gasteiger partial charge in [0.05, 0.1) is 36.5 Å². The molecule has 0 saturated carbocycles. The van der Waals surface area contributed by atoms with Crippen molar-refractivity contribution in [3.63, 3.8) is 0 Å². The van der Waals surface area contributed by atoms with Crippen molar-refractivity contribution in [1.29, 1.82) is 0 Å². The number of carboxylic acids is 1. The molecular formula is C39H46FN3O7. The number of aliphatic hydroxyl groups excluding tert-OH is 2. The molecule has 0 radical (unpaired) electrons. The maximum Gasteiger partial charge on any atom is 0.407 e. The Balaban J connectivity index is 1.77. The zero-order chi connectivity index (χ0) is 36.4. The van der Waals surface area contributed by atoms with Gasteiger partial charge >= 0.3 is 12.1 Å². The highest BCUT2D eigenvalue weighted by atomic mass is 19.1. The number of anilines is 1.